The lowest BCUT2D eigenvalue weighted by molar-refractivity contribution is 1.26. The second kappa shape index (κ2) is 15.2. The summed E-state index contributed by atoms with van der Waals surface area (Å²) in [5.74, 6) is 0. The van der Waals surface area contributed by atoms with Crippen LogP contribution < -0.4 is 4.90 Å². The molecule has 0 bridgehead atoms. The van der Waals surface area contributed by atoms with Crippen molar-refractivity contribution >= 4 is 86.5 Å². The number of aromatic nitrogens is 1. The van der Waals surface area contributed by atoms with Gasteiger partial charge >= 0.3 is 0 Å². The molecule has 3 heteroatoms. The Morgan fingerprint density at radius 2 is 0.846 bits per heavy atom. The van der Waals surface area contributed by atoms with Crippen molar-refractivity contribution in [1.29, 1.82) is 0 Å². The van der Waals surface area contributed by atoms with E-state index in [0.717, 1.165) is 11.4 Å². The molecule has 13 aromatic rings. The lowest BCUT2D eigenvalue weighted by atomic mass is 9.91. The Morgan fingerprint density at radius 1 is 0.338 bits per heavy atom. The van der Waals surface area contributed by atoms with Crippen LogP contribution in [0.4, 0.5) is 17.1 Å². The van der Waals surface area contributed by atoms with Gasteiger partial charge in [0.15, 0.2) is 0 Å². The third kappa shape index (κ3) is 6.16. The highest BCUT2D eigenvalue weighted by Gasteiger charge is 2.21. The van der Waals surface area contributed by atoms with E-state index in [9.17, 15) is 0 Å². The van der Waals surface area contributed by atoms with Gasteiger partial charge in [0.25, 0.3) is 0 Å². The van der Waals surface area contributed by atoms with Gasteiger partial charge in [-0.25, -0.2) is 0 Å². The number of hydrogen-bond donors (Lipinski definition) is 0. The summed E-state index contributed by atoms with van der Waals surface area (Å²) in [5, 5.41) is 8.91. The molecule has 65 heavy (non-hydrogen) atoms. The fourth-order valence-corrected chi connectivity index (χ4v) is 11.4. The third-order valence-corrected chi connectivity index (χ3v) is 14.4. The van der Waals surface area contributed by atoms with Crippen molar-refractivity contribution < 1.29 is 0 Å². The van der Waals surface area contributed by atoms with Crippen molar-refractivity contribution in [3.63, 3.8) is 0 Å². The van der Waals surface area contributed by atoms with E-state index in [1.807, 2.05) is 11.3 Å². The number of nitrogens with zero attached hydrogens (tertiary/aromatic N) is 2. The lowest BCUT2D eigenvalue weighted by Crippen LogP contribution is -2.10. The van der Waals surface area contributed by atoms with E-state index in [1.54, 1.807) is 0 Å². The van der Waals surface area contributed by atoms with Gasteiger partial charge in [0.2, 0.25) is 0 Å². The molecule has 0 radical (unpaired) electrons. The van der Waals surface area contributed by atoms with Crippen molar-refractivity contribution in [1.82, 2.24) is 4.40 Å². The summed E-state index contributed by atoms with van der Waals surface area (Å²) in [6.45, 7) is 0. The Balaban J connectivity index is 0.947. The van der Waals surface area contributed by atoms with Crippen molar-refractivity contribution in [2.75, 3.05) is 4.90 Å². The van der Waals surface area contributed by atoms with Gasteiger partial charge in [-0.1, -0.05) is 182 Å². The zero-order valence-corrected chi connectivity index (χ0v) is 36.2. The molecule has 0 unspecified atom stereocenters. The predicted molar refractivity (Wildman–Crippen MR) is 279 cm³/mol. The molecule has 0 amide bonds. The maximum atomic E-state index is 2.43. The summed E-state index contributed by atoms with van der Waals surface area (Å²) in [6.07, 6.45) is 2.22. The molecule has 0 saturated carbocycles. The molecule has 2 nitrogen and oxygen atoms in total. The van der Waals surface area contributed by atoms with Crippen LogP contribution in [0.2, 0.25) is 0 Å². The smallest absolute Gasteiger partial charge is 0.0640 e. The molecule has 13 rings (SSSR count). The van der Waals surface area contributed by atoms with Crippen molar-refractivity contribution in [3.8, 4) is 44.5 Å². The minimum atomic E-state index is 1.11. The van der Waals surface area contributed by atoms with Gasteiger partial charge in [0.05, 0.1) is 21.4 Å². The number of rotatable bonds is 7. The highest BCUT2D eigenvalue weighted by molar-refractivity contribution is 7.26. The highest BCUT2D eigenvalue weighted by atomic mass is 32.1. The first-order chi connectivity index (χ1) is 32.2. The zero-order valence-electron chi connectivity index (χ0n) is 35.4. The van der Waals surface area contributed by atoms with Crippen LogP contribution in [-0.4, -0.2) is 4.40 Å². The van der Waals surface area contributed by atoms with E-state index >= 15 is 0 Å². The quantitative estimate of drug-likeness (QED) is 0.145. The number of benzene rings is 10. The summed E-state index contributed by atoms with van der Waals surface area (Å²) < 4.78 is 4.96. The summed E-state index contributed by atoms with van der Waals surface area (Å²) in [4.78, 5) is 2.43. The van der Waals surface area contributed by atoms with Gasteiger partial charge in [0, 0.05) is 49.4 Å². The fraction of sp³-hybridized carbons (Fsp3) is 0. The first kappa shape index (κ1) is 37.3. The molecule has 0 aliphatic carbocycles. The van der Waals surface area contributed by atoms with Crippen LogP contribution in [0.15, 0.2) is 243 Å². The van der Waals surface area contributed by atoms with Crippen molar-refractivity contribution in [2.45, 2.75) is 0 Å². The van der Waals surface area contributed by atoms with Crippen LogP contribution in [0.3, 0.4) is 0 Å². The molecule has 304 valence electrons. The molecule has 0 aliphatic rings. The van der Waals surface area contributed by atoms with E-state index in [2.05, 4.69) is 252 Å². The fourth-order valence-electron chi connectivity index (χ4n) is 10.1. The maximum Gasteiger partial charge on any atom is 0.0640 e. The standard InChI is InChI=1S/C62H40N2S/c1-3-14-41(15-4-1)42-25-27-43(28-26-42)44-29-34-48(35-30-44)64(57-23-13-21-54-52-19-9-10-24-58(52)65-62(54)57)49-36-31-45(32-37-49)47-33-38-51-50-18-7-8-20-53(50)61-60(55(51)40-47)59(46-16-5-2-6-17-46)56-22-11-12-39-63(56)61/h1-40H. The van der Waals surface area contributed by atoms with Gasteiger partial charge in [-0.2, -0.15) is 0 Å². The monoisotopic (exact) mass is 844 g/mol. The Morgan fingerprint density at radius 3 is 1.54 bits per heavy atom. The van der Waals surface area contributed by atoms with Crippen LogP contribution in [0, 0.1) is 0 Å². The van der Waals surface area contributed by atoms with Crippen molar-refractivity contribution in [3.05, 3.63) is 243 Å². The summed E-state index contributed by atoms with van der Waals surface area (Å²) >= 11 is 1.87. The number of pyridine rings is 1. The molecule has 0 spiro atoms. The van der Waals surface area contributed by atoms with Gasteiger partial charge in [-0.3, -0.25) is 0 Å². The first-order valence-electron chi connectivity index (χ1n) is 22.2. The molecule has 3 heterocycles. The minimum Gasteiger partial charge on any atom is -0.315 e. The Hall–Kier alpha value is -8.24. The molecule has 0 fully saturated rings. The SMILES string of the molecule is c1ccc(-c2ccc(-c3ccc(N(c4ccc(-c5ccc6c7ccccc7c7c(c(-c8ccccc8)c8ccccn87)c6c5)cc4)c4cccc5c4sc4ccccc45)cc3)cc2)cc1. The van der Waals surface area contributed by atoms with E-state index in [-0.39, 0.29) is 0 Å². The van der Waals surface area contributed by atoms with Crippen LogP contribution in [0.1, 0.15) is 0 Å². The average molecular weight is 845 g/mol. The van der Waals surface area contributed by atoms with Crippen LogP contribution >= 0.6 is 11.3 Å². The normalized spacial score (nSPS) is 11.7. The van der Waals surface area contributed by atoms with Gasteiger partial charge in [-0.15, -0.1) is 11.3 Å². The second-order valence-electron chi connectivity index (χ2n) is 16.9. The van der Waals surface area contributed by atoms with Gasteiger partial charge in [0.1, 0.15) is 0 Å². The number of thiophene rings is 1. The Bertz CT molecular complexity index is 3900. The molecular formula is C62H40N2S. The molecule has 0 aliphatic heterocycles. The van der Waals surface area contributed by atoms with E-state index in [0.29, 0.717) is 0 Å². The molecule has 0 N–H and O–H groups in total. The number of hydrogen-bond acceptors (Lipinski definition) is 2. The highest BCUT2D eigenvalue weighted by Crippen LogP contribution is 2.47. The third-order valence-electron chi connectivity index (χ3n) is 13.2. The Kier molecular flexibility index (Phi) is 8.75. The van der Waals surface area contributed by atoms with Crippen molar-refractivity contribution in [2.24, 2.45) is 0 Å². The van der Waals surface area contributed by atoms with E-state index in [4.69, 9.17) is 0 Å². The molecule has 0 atom stereocenters. The lowest BCUT2D eigenvalue weighted by Gasteiger charge is -2.26. The minimum absolute atomic E-state index is 1.11. The number of anilines is 3. The van der Waals surface area contributed by atoms with E-state index < -0.39 is 0 Å². The molecule has 0 saturated heterocycles. The van der Waals surface area contributed by atoms with Crippen LogP contribution in [0.25, 0.3) is 103 Å². The molecule has 10 aromatic carbocycles. The topological polar surface area (TPSA) is 7.65 Å². The van der Waals surface area contributed by atoms with Gasteiger partial charge < -0.3 is 9.30 Å². The largest absolute Gasteiger partial charge is 0.315 e. The molecular weight excluding hydrogens is 805 g/mol. The zero-order chi connectivity index (χ0) is 42.8. The Labute approximate surface area is 381 Å². The summed E-state index contributed by atoms with van der Waals surface area (Å²) in [7, 11) is 0. The van der Waals surface area contributed by atoms with E-state index in [1.165, 1.54) is 108 Å². The summed E-state index contributed by atoms with van der Waals surface area (Å²) in [6, 6.07) is 86.6. The molecule has 3 aromatic heterocycles. The van der Waals surface area contributed by atoms with Crippen LogP contribution in [0.5, 0.6) is 0 Å². The number of fused-ring (bicyclic) bond motifs is 11. The summed E-state index contributed by atoms with van der Waals surface area (Å²) in [5.41, 5.74) is 15.5. The predicted octanol–water partition coefficient (Wildman–Crippen LogP) is 17.9. The first-order valence-corrected chi connectivity index (χ1v) is 23.1. The maximum absolute atomic E-state index is 2.43. The van der Waals surface area contributed by atoms with Crippen LogP contribution in [-0.2, 0) is 0 Å². The van der Waals surface area contributed by atoms with Gasteiger partial charge in [-0.05, 0) is 110 Å². The average Bonchev–Trinajstić information content (AvgIpc) is 3.95. The second-order valence-corrected chi connectivity index (χ2v) is 17.9.